The van der Waals surface area contributed by atoms with Crippen LogP contribution in [0.15, 0.2) is 24.3 Å². The lowest BCUT2D eigenvalue weighted by Crippen LogP contribution is -2.44. The van der Waals surface area contributed by atoms with Gasteiger partial charge in [0, 0.05) is 19.1 Å². The Morgan fingerprint density at radius 3 is 2.25 bits per heavy atom. The molecule has 0 amide bonds. The smallest absolute Gasteiger partial charge is 0.307 e. The highest BCUT2D eigenvalue weighted by Crippen LogP contribution is 2.46. The number of fused-ring (bicyclic) bond motifs is 3. The van der Waals surface area contributed by atoms with Crippen molar-refractivity contribution < 1.29 is 15.0 Å². The molecule has 0 spiro atoms. The number of carboxylic acid groups (broad SMARTS) is 1. The van der Waals surface area contributed by atoms with Crippen molar-refractivity contribution >= 4 is 5.97 Å². The van der Waals surface area contributed by atoms with E-state index in [1.807, 2.05) is 0 Å². The van der Waals surface area contributed by atoms with Crippen LogP contribution < -0.4 is 0 Å². The lowest BCUT2D eigenvalue weighted by Gasteiger charge is -2.42. The highest BCUT2D eigenvalue weighted by atomic mass is 16.4. The molecule has 0 aromatic heterocycles. The molecule has 2 fully saturated rings. The quantitative estimate of drug-likeness (QED) is 0.505. The molecule has 1 heterocycles. The van der Waals surface area contributed by atoms with Gasteiger partial charge < -0.3 is 10.2 Å². The standard InChI is InChI=1S/C28H35NO2.C4H10O/c1-17-4-8-21(9-5-17)28-19(3)25-16-29(26-11-7-20-6-10-22(26)14-20)13-12-23(25)18(2)24(28)15-27(30)31;1-4(2,3)5/h4-5,8-9,20,22,26H,6-7,10-16H2,1-3H3,(H,30,31);5H,1-3H3. The first kappa shape index (κ1) is 26.9. The molecule has 2 N–H and O–H groups in total. The molecule has 2 saturated carbocycles. The average molecular weight is 492 g/mol. The maximum atomic E-state index is 11.8. The predicted molar refractivity (Wildman–Crippen MR) is 147 cm³/mol. The summed E-state index contributed by atoms with van der Waals surface area (Å²) in [6.07, 6.45) is 8.23. The topological polar surface area (TPSA) is 60.8 Å². The van der Waals surface area contributed by atoms with Gasteiger partial charge in [-0.25, -0.2) is 0 Å². The molecule has 4 heteroatoms. The number of benzene rings is 2. The minimum absolute atomic E-state index is 0.0962. The fourth-order valence-electron chi connectivity index (χ4n) is 6.90. The number of carboxylic acids is 1. The van der Waals surface area contributed by atoms with E-state index in [0.29, 0.717) is 0 Å². The zero-order valence-electron chi connectivity index (χ0n) is 23.2. The van der Waals surface area contributed by atoms with Crippen LogP contribution >= 0.6 is 0 Å². The highest BCUT2D eigenvalue weighted by Gasteiger charge is 2.39. The van der Waals surface area contributed by atoms with Crippen molar-refractivity contribution in [2.45, 2.75) is 105 Å². The Kier molecular flexibility index (Phi) is 7.97. The van der Waals surface area contributed by atoms with Crippen LogP contribution in [0.3, 0.4) is 0 Å². The van der Waals surface area contributed by atoms with E-state index in [9.17, 15) is 9.90 Å². The van der Waals surface area contributed by atoms with Crippen molar-refractivity contribution in [2.24, 2.45) is 11.8 Å². The first-order valence-corrected chi connectivity index (χ1v) is 13.8. The number of hydrogen-bond donors (Lipinski definition) is 2. The summed E-state index contributed by atoms with van der Waals surface area (Å²) in [5.41, 5.74) is 9.44. The lowest BCUT2D eigenvalue weighted by molar-refractivity contribution is -0.136. The van der Waals surface area contributed by atoms with Gasteiger partial charge in [0.05, 0.1) is 12.0 Å². The first-order chi connectivity index (χ1) is 16.9. The number of nitrogens with zero attached hydrogens (tertiary/aromatic N) is 1. The fraction of sp³-hybridized carbons (Fsp3) is 0.594. The van der Waals surface area contributed by atoms with E-state index in [2.05, 4.69) is 49.9 Å². The second-order valence-electron chi connectivity index (χ2n) is 12.5. The predicted octanol–water partition coefficient (Wildman–Crippen LogP) is 6.62. The summed E-state index contributed by atoms with van der Waals surface area (Å²) >= 11 is 0. The number of carbonyl (C=O) groups is 1. The summed E-state index contributed by atoms with van der Waals surface area (Å²) in [5.74, 6) is 1.14. The van der Waals surface area contributed by atoms with Crippen LogP contribution in [0.1, 0.15) is 86.3 Å². The molecule has 196 valence electrons. The van der Waals surface area contributed by atoms with Crippen molar-refractivity contribution in [2.75, 3.05) is 6.54 Å². The zero-order valence-corrected chi connectivity index (χ0v) is 23.2. The summed E-state index contributed by atoms with van der Waals surface area (Å²) in [6, 6.07) is 9.34. The summed E-state index contributed by atoms with van der Waals surface area (Å²) in [6.45, 7) is 13.9. The Morgan fingerprint density at radius 2 is 1.61 bits per heavy atom. The second-order valence-corrected chi connectivity index (χ2v) is 12.5. The molecule has 4 nitrogen and oxygen atoms in total. The van der Waals surface area contributed by atoms with Crippen LogP contribution in [0.5, 0.6) is 0 Å². The van der Waals surface area contributed by atoms with Gasteiger partial charge in [0.25, 0.3) is 0 Å². The van der Waals surface area contributed by atoms with Gasteiger partial charge in [-0.3, -0.25) is 9.69 Å². The molecule has 2 aromatic rings. The fourth-order valence-corrected chi connectivity index (χ4v) is 6.90. The summed E-state index contributed by atoms with van der Waals surface area (Å²) in [5, 5.41) is 18.2. The van der Waals surface area contributed by atoms with Crippen LogP contribution in [0, 0.1) is 32.6 Å². The van der Waals surface area contributed by atoms with E-state index in [1.54, 1.807) is 20.8 Å². The van der Waals surface area contributed by atoms with Crippen molar-refractivity contribution in [3.8, 4) is 11.1 Å². The molecule has 2 aliphatic carbocycles. The van der Waals surface area contributed by atoms with Gasteiger partial charge >= 0.3 is 5.97 Å². The van der Waals surface area contributed by atoms with Gasteiger partial charge in [-0.05, 0) is 124 Å². The first-order valence-electron chi connectivity index (χ1n) is 13.8. The number of rotatable bonds is 4. The van der Waals surface area contributed by atoms with E-state index in [1.165, 1.54) is 59.9 Å². The van der Waals surface area contributed by atoms with E-state index in [0.717, 1.165) is 54.1 Å². The number of hydrogen-bond acceptors (Lipinski definition) is 3. The SMILES string of the molecule is CC(C)(C)O.Cc1ccc(-c2c(C)c3c(c(C)c2CC(=O)O)CCN(C2CCC4CCC2C4)C3)cc1. The third kappa shape index (κ3) is 6.03. The minimum Gasteiger partial charge on any atom is -0.481 e. The molecule has 0 radical (unpaired) electrons. The van der Waals surface area contributed by atoms with Crippen molar-refractivity contribution in [1.29, 1.82) is 0 Å². The van der Waals surface area contributed by atoms with Crippen molar-refractivity contribution in [1.82, 2.24) is 4.90 Å². The molecule has 5 rings (SSSR count). The van der Waals surface area contributed by atoms with Crippen molar-refractivity contribution in [3.63, 3.8) is 0 Å². The van der Waals surface area contributed by atoms with E-state index in [-0.39, 0.29) is 6.42 Å². The molecule has 3 aliphatic rings. The second kappa shape index (κ2) is 10.7. The molecule has 2 bridgehead atoms. The highest BCUT2D eigenvalue weighted by molar-refractivity contribution is 5.81. The molecule has 0 saturated heterocycles. The molecular formula is C32H45NO3. The van der Waals surface area contributed by atoms with Crippen LogP contribution in [-0.2, 0) is 24.2 Å². The Hall–Kier alpha value is -2.17. The zero-order chi connectivity index (χ0) is 26.2. The van der Waals surface area contributed by atoms with Crippen LogP contribution in [0.2, 0.25) is 0 Å². The normalized spacial score (nSPS) is 23.6. The largest absolute Gasteiger partial charge is 0.481 e. The van der Waals surface area contributed by atoms with E-state index in [4.69, 9.17) is 5.11 Å². The van der Waals surface area contributed by atoms with Gasteiger partial charge in [0.1, 0.15) is 0 Å². The van der Waals surface area contributed by atoms with E-state index >= 15 is 0 Å². The molecule has 36 heavy (non-hydrogen) atoms. The Bertz CT molecular complexity index is 1090. The monoisotopic (exact) mass is 491 g/mol. The lowest BCUT2D eigenvalue weighted by atomic mass is 9.79. The average Bonchev–Trinajstić information content (AvgIpc) is 3.17. The Balaban J connectivity index is 0.000000556. The van der Waals surface area contributed by atoms with E-state index < -0.39 is 11.6 Å². The third-order valence-corrected chi connectivity index (χ3v) is 8.54. The molecule has 1 aliphatic heterocycles. The van der Waals surface area contributed by atoms with Gasteiger partial charge in [0.2, 0.25) is 0 Å². The summed E-state index contributed by atoms with van der Waals surface area (Å²) in [7, 11) is 0. The van der Waals surface area contributed by atoms with Crippen LogP contribution in [0.4, 0.5) is 0 Å². The summed E-state index contributed by atoms with van der Waals surface area (Å²) in [4.78, 5) is 14.5. The van der Waals surface area contributed by atoms with Gasteiger partial charge in [-0.1, -0.05) is 36.2 Å². The number of aliphatic hydroxyl groups is 1. The molecule has 3 atom stereocenters. The molecular weight excluding hydrogens is 446 g/mol. The number of aryl methyl sites for hydroxylation is 1. The number of aliphatic carboxylic acids is 1. The van der Waals surface area contributed by atoms with Gasteiger partial charge in [-0.15, -0.1) is 0 Å². The van der Waals surface area contributed by atoms with Gasteiger partial charge in [0.15, 0.2) is 0 Å². The maximum Gasteiger partial charge on any atom is 0.307 e. The van der Waals surface area contributed by atoms with Crippen LogP contribution in [0.25, 0.3) is 11.1 Å². The summed E-state index contributed by atoms with van der Waals surface area (Å²) < 4.78 is 0. The minimum atomic E-state index is -0.744. The third-order valence-electron chi connectivity index (χ3n) is 8.54. The Labute approximate surface area is 217 Å². The molecule has 3 unspecified atom stereocenters. The molecule has 2 aromatic carbocycles. The Morgan fingerprint density at radius 1 is 0.972 bits per heavy atom. The van der Waals surface area contributed by atoms with Crippen molar-refractivity contribution in [3.05, 3.63) is 57.6 Å². The maximum absolute atomic E-state index is 11.8. The van der Waals surface area contributed by atoms with Gasteiger partial charge in [-0.2, -0.15) is 0 Å². The van der Waals surface area contributed by atoms with Crippen LogP contribution in [-0.4, -0.2) is 39.3 Å².